The first-order chi connectivity index (χ1) is 7.42. The molecule has 1 unspecified atom stereocenters. The van der Waals surface area contributed by atoms with Gasteiger partial charge < -0.3 is 5.32 Å². The van der Waals surface area contributed by atoms with Gasteiger partial charge in [-0.05, 0) is 24.4 Å². The summed E-state index contributed by atoms with van der Waals surface area (Å²) in [5.41, 5.74) is 0. The molecule has 1 atom stereocenters. The van der Waals surface area contributed by atoms with Gasteiger partial charge in [0.1, 0.15) is 5.01 Å². The number of nitrogens with zero attached hydrogens (tertiary/aromatic N) is 1. The molecule has 15 heavy (non-hydrogen) atoms. The number of hydrogen-bond acceptors (Lipinski definition) is 4. The minimum Gasteiger partial charge on any atom is -0.304 e. The number of aromatic nitrogens is 1. The maximum absolute atomic E-state index is 4.39. The summed E-state index contributed by atoms with van der Waals surface area (Å²) in [4.78, 5) is 5.73. The van der Waals surface area contributed by atoms with Gasteiger partial charge in [-0.1, -0.05) is 13.0 Å². The fourth-order valence-electron chi connectivity index (χ4n) is 1.43. The predicted molar refractivity (Wildman–Crippen MR) is 66.6 cm³/mol. The molecule has 0 aliphatic rings. The number of hydrogen-bond donors (Lipinski definition) is 1. The van der Waals surface area contributed by atoms with Gasteiger partial charge in [-0.25, -0.2) is 4.98 Å². The Morgan fingerprint density at radius 2 is 2.33 bits per heavy atom. The summed E-state index contributed by atoms with van der Waals surface area (Å²) in [5.74, 6) is 0. The van der Waals surface area contributed by atoms with E-state index < -0.39 is 0 Å². The van der Waals surface area contributed by atoms with E-state index in [1.54, 1.807) is 22.7 Å². The Labute approximate surface area is 98.0 Å². The zero-order valence-corrected chi connectivity index (χ0v) is 10.3. The Balaban J connectivity index is 2.17. The van der Waals surface area contributed by atoms with Crippen molar-refractivity contribution in [2.75, 3.05) is 6.54 Å². The lowest BCUT2D eigenvalue weighted by molar-refractivity contribution is 0.603. The summed E-state index contributed by atoms with van der Waals surface area (Å²) < 4.78 is 0. The Bertz CT molecular complexity index is 333. The number of thiazole rings is 1. The third kappa shape index (κ3) is 2.65. The molecule has 0 spiro atoms. The van der Waals surface area contributed by atoms with Gasteiger partial charge in [0.25, 0.3) is 0 Å². The first kappa shape index (κ1) is 10.8. The van der Waals surface area contributed by atoms with Crippen LogP contribution in [0.3, 0.4) is 0 Å². The summed E-state index contributed by atoms with van der Waals surface area (Å²) in [5, 5.41) is 8.84. The fraction of sp³-hybridized carbons (Fsp3) is 0.364. The summed E-state index contributed by atoms with van der Waals surface area (Å²) in [6.07, 6.45) is 3.02. The Kier molecular flexibility index (Phi) is 3.88. The predicted octanol–water partition coefficient (Wildman–Crippen LogP) is 3.29. The van der Waals surface area contributed by atoms with Gasteiger partial charge in [0.15, 0.2) is 0 Å². The van der Waals surface area contributed by atoms with Crippen LogP contribution in [-0.4, -0.2) is 11.5 Å². The lowest BCUT2D eigenvalue weighted by Gasteiger charge is -2.14. The first-order valence-electron chi connectivity index (χ1n) is 5.08. The van der Waals surface area contributed by atoms with Gasteiger partial charge in [0, 0.05) is 16.5 Å². The quantitative estimate of drug-likeness (QED) is 0.864. The molecule has 80 valence electrons. The molecule has 0 fully saturated rings. The number of nitrogens with one attached hydrogen (secondary N) is 1. The third-order valence-corrected chi connectivity index (χ3v) is 3.90. The molecule has 0 saturated carbocycles. The minimum atomic E-state index is 0.282. The number of thiophene rings is 1. The molecule has 0 amide bonds. The van der Waals surface area contributed by atoms with Crippen molar-refractivity contribution in [2.24, 2.45) is 0 Å². The van der Waals surface area contributed by atoms with E-state index in [4.69, 9.17) is 0 Å². The van der Waals surface area contributed by atoms with Gasteiger partial charge in [0.2, 0.25) is 0 Å². The van der Waals surface area contributed by atoms with Crippen LogP contribution < -0.4 is 5.32 Å². The molecule has 2 aromatic rings. The van der Waals surface area contributed by atoms with Crippen LogP contribution in [0.15, 0.2) is 29.1 Å². The molecular formula is C11H14N2S2. The van der Waals surface area contributed by atoms with Crippen molar-refractivity contribution in [3.63, 3.8) is 0 Å². The van der Waals surface area contributed by atoms with Crippen molar-refractivity contribution in [3.8, 4) is 0 Å². The van der Waals surface area contributed by atoms with E-state index in [1.807, 2.05) is 11.6 Å². The number of rotatable bonds is 5. The first-order valence-corrected chi connectivity index (χ1v) is 6.84. The SMILES string of the molecule is CCCNC(c1cccs1)c1nccs1. The van der Waals surface area contributed by atoms with Crippen LogP contribution in [0.1, 0.15) is 29.3 Å². The van der Waals surface area contributed by atoms with E-state index in [2.05, 4.69) is 34.7 Å². The smallest absolute Gasteiger partial charge is 0.115 e. The van der Waals surface area contributed by atoms with E-state index in [0.717, 1.165) is 18.0 Å². The highest BCUT2D eigenvalue weighted by atomic mass is 32.1. The minimum absolute atomic E-state index is 0.282. The van der Waals surface area contributed by atoms with Crippen LogP contribution in [0, 0.1) is 0 Å². The molecule has 1 N–H and O–H groups in total. The molecule has 0 bridgehead atoms. The highest BCUT2D eigenvalue weighted by Gasteiger charge is 2.16. The molecule has 2 nitrogen and oxygen atoms in total. The summed E-state index contributed by atoms with van der Waals surface area (Å²) in [6.45, 7) is 3.21. The summed E-state index contributed by atoms with van der Waals surface area (Å²) in [6, 6.07) is 4.54. The van der Waals surface area contributed by atoms with Gasteiger partial charge in [-0.3, -0.25) is 0 Å². The lowest BCUT2D eigenvalue weighted by Crippen LogP contribution is -2.22. The highest BCUT2D eigenvalue weighted by Crippen LogP contribution is 2.27. The average molecular weight is 238 g/mol. The Morgan fingerprint density at radius 3 is 2.93 bits per heavy atom. The van der Waals surface area contributed by atoms with Crippen LogP contribution in [-0.2, 0) is 0 Å². The van der Waals surface area contributed by atoms with Crippen molar-refractivity contribution < 1.29 is 0 Å². The Hall–Kier alpha value is -0.710. The molecule has 4 heteroatoms. The van der Waals surface area contributed by atoms with Crippen LogP contribution in [0.5, 0.6) is 0 Å². The van der Waals surface area contributed by atoms with Crippen molar-refractivity contribution in [1.29, 1.82) is 0 Å². The van der Waals surface area contributed by atoms with Crippen molar-refractivity contribution in [2.45, 2.75) is 19.4 Å². The highest BCUT2D eigenvalue weighted by molar-refractivity contribution is 7.11. The van der Waals surface area contributed by atoms with Crippen molar-refractivity contribution in [1.82, 2.24) is 10.3 Å². The molecule has 2 rings (SSSR count). The molecule has 0 aromatic carbocycles. The van der Waals surface area contributed by atoms with Crippen molar-refractivity contribution in [3.05, 3.63) is 39.0 Å². The molecule has 0 aliphatic heterocycles. The second-order valence-corrected chi connectivity index (χ2v) is 5.18. The third-order valence-electron chi connectivity index (χ3n) is 2.12. The van der Waals surface area contributed by atoms with Crippen LogP contribution in [0.25, 0.3) is 0 Å². The van der Waals surface area contributed by atoms with E-state index in [1.165, 1.54) is 4.88 Å². The fourth-order valence-corrected chi connectivity index (χ4v) is 3.04. The molecule has 2 heterocycles. The van der Waals surface area contributed by atoms with Gasteiger partial charge in [-0.2, -0.15) is 0 Å². The normalized spacial score (nSPS) is 12.9. The van der Waals surface area contributed by atoms with Crippen LogP contribution in [0.4, 0.5) is 0 Å². The average Bonchev–Trinajstić information content (AvgIpc) is 2.90. The van der Waals surface area contributed by atoms with E-state index in [9.17, 15) is 0 Å². The van der Waals surface area contributed by atoms with Gasteiger partial charge >= 0.3 is 0 Å². The zero-order valence-electron chi connectivity index (χ0n) is 8.64. The molecule has 2 aromatic heterocycles. The maximum atomic E-state index is 4.39. The van der Waals surface area contributed by atoms with Gasteiger partial charge in [-0.15, -0.1) is 22.7 Å². The second-order valence-electron chi connectivity index (χ2n) is 3.27. The monoisotopic (exact) mass is 238 g/mol. The maximum Gasteiger partial charge on any atom is 0.115 e. The van der Waals surface area contributed by atoms with E-state index >= 15 is 0 Å². The van der Waals surface area contributed by atoms with E-state index in [-0.39, 0.29) is 6.04 Å². The van der Waals surface area contributed by atoms with Crippen molar-refractivity contribution >= 4 is 22.7 Å². The van der Waals surface area contributed by atoms with E-state index in [0.29, 0.717) is 0 Å². The standard InChI is InChI=1S/C11H14N2S2/c1-2-5-12-10(9-4-3-7-14-9)11-13-6-8-15-11/h3-4,6-8,10,12H,2,5H2,1H3. The molecule has 0 radical (unpaired) electrons. The molecule has 0 saturated heterocycles. The second kappa shape index (κ2) is 5.39. The molecular weight excluding hydrogens is 224 g/mol. The van der Waals surface area contributed by atoms with Crippen LogP contribution in [0.2, 0.25) is 0 Å². The topological polar surface area (TPSA) is 24.9 Å². The summed E-state index contributed by atoms with van der Waals surface area (Å²) in [7, 11) is 0. The zero-order chi connectivity index (χ0) is 10.5. The lowest BCUT2D eigenvalue weighted by atomic mass is 10.2. The molecule has 0 aliphatic carbocycles. The summed E-state index contributed by atoms with van der Waals surface area (Å²) >= 11 is 3.50. The van der Waals surface area contributed by atoms with Crippen LogP contribution >= 0.6 is 22.7 Å². The largest absolute Gasteiger partial charge is 0.304 e. The Morgan fingerprint density at radius 1 is 1.40 bits per heavy atom. The van der Waals surface area contributed by atoms with Gasteiger partial charge in [0.05, 0.1) is 6.04 Å².